The SMILES string of the molecule is CC(C)(C)c1nc(Cl)cc(NCCC(=O)N2CCCC2)n1. The molecule has 0 bridgehead atoms. The predicted molar refractivity (Wildman–Crippen MR) is 84.7 cm³/mol. The number of likely N-dealkylation sites (tertiary alicyclic amines) is 1. The Labute approximate surface area is 131 Å². The molecule has 2 rings (SSSR count). The fourth-order valence-electron chi connectivity index (χ4n) is 2.27. The summed E-state index contributed by atoms with van der Waals surface area (Å²) in [5.41, 5.74) is -0.160. The molecule has 21 heavy (non-hydrogen) atoms. The van der Waals surface area contributed by atoms with Crippen molar-refractivity contribution in [2.45, 2.75) is 45.4 Å². The highest BCUT2D eigenvalue weighted by Gasteiger charge is 2.19. The first-order chi connectivity index (χ1) is 9.86. The van der Waals surface area contributed by atoms with E-state index in [9.17, 15) is 4.79 Å². The maximum atomic E-state index is 12.0. The monoisotopic (exact) mass is 310 g/mol. The molecule has 1 saturated heterocycles. The molecule has 1 amide bonds. The molecule has 0 saturated carbocycles. The number of aromatic nitrogens is 2. The Morgan fingerprint density at radius 3 is 2.62 bits per heavy atom. The minimum atomic E-state index is -0.160. The van der Waals surface area contributed by atoms with Gasteiger partial charge in [-0.15, -0.1) is 0 Å². The number of halogens is 1. The molecule has 0 spiro atoms. The van der Waals surface area contributed by atoms with Gasteiger partial charge in [-0.3, -0.25) is 4.79 Å². The Morgan fingerprint density at radius 1 is 1.33 bits per heavy atom. The molecule has 1 fully saturated rings. The van der Waals surface area contributed by atoms with Gasteiger partial charge in [-0.25, -0.2) is 9.97 Å². The topological polar surface area (TPSA) is 58.1 Å². The number of nitrogens with zero attached hydrogens (tertiary/aromatic N) is 3. The summed E-state index contributed by atoms with van der Waals surface area (Å²) in [6.45, 7) is 8.48. The number of amides is 1. The molecule has 2 heterocycles. The Morgan fingerprint density at radius 2 is 2.00 bits per heavy atom. The molecule has 1 aromatic rings. The Kier molecular flexibility index (Phi) is 5.04. The molecule has 116 valence electrons. The summed E-state index contributed by atoms with van der Waals surface area (Å²) in [6, 6.07) is 1.69. The van der Waals surface area contributed by atoms with E-state index < -0.39 is 0 Å². The molecule has 1 aliphatic heterocycles. The van der Waals surface area contributed by atoms with Gasteiger partial charge >= 0.3 is 0 Å². The predicted octanol–water partition coefficient (Wildman–Crippen LogP) is 2.85. The van der Waals surface area contributed by atoms with Crippen molar-refractivity contribution in [3.05, 3.63) is 17.0 Å². The van der Waals surface area contributed by atoms with E-state index in [2.05, 4.69) is 15.3 Å². The summed E-state index contributed by atoms with van der Waals surface area (Å²) < 4.78 is 0. The largest absolute Gasteiger partial charge is 0.369 e. The van der Waals surface area contributed by atoms with E-state index in [1.54, 1.807) is 6.07 Å². The lowest BCUT2D eigenvalue weighted by atomic mass is 9.96. The molecule has 1 aliphatic rings. The van der Waals surface area contributed by atoms with Gasteiger partial charge in [-0.1, -0.05) is 32.4 Å². The van der Waals surface area contributed by atoms with Crippen molar-refractivity contribution in [3.8, 4) is 0 Å². The third-order valence-electron chi connectivity index (χ3n) is 3.47. The highest BCUT2D eigenvalue weighted by Crippen LogP contribution is 2.22. The Bertz CT molecular complexity index is 507. The number of anilines is 1. The Hall–Kier alpha value is -1.36. The zero-order valence-electron chi connectivity index (χ0n) is 12.9. The van der Waals surface area contributed by atoms with Crippen molar-refractivity contribution in [2.75, 3.05) is 25.0 Å². The van der Waals surface area contributed by atoms with Crippen LogP contribution in [-0.2, 0) is 10.2 Å². The van der Waals surface area contributed by atoms with Crippen LogP contribution in [0.4, 0.5) is 5.82 Å². The first kappa shape index (κ1) is 16.0. The van der Waals surface area contributed by atoms with Gasteiger partial charge < -0.3 is 10.2 Å². The van der Waals surface area contributed by atoms with Gasteiger partial charge in [0, 0.05) is 37.5 Å². The zero-order valence-corrected chi connectivity index (χ0v) is 13.7. The fraction of sp³-hybridized carbons (Fsp3) is 0.667. The molecule has 5 nitrogen and oxygen atoms in total. The van der Waals surface area contributed by atoms with Gasteiger partial charge in [0.2, 0.25) is 5.91 Å². The lowest BCUT2D eigenvalue weighted by Gasteiger charge is -2.18. The van der Waals surface area contributed by atoms with Crippen LogP contribution in [0.2, 0.25) is 5.15 Å². The molecule has 1 N–H and O–H groups in total. The van der Waals surface area contributed by atoms with Crippen LogP contribution in [0.25, 0.3) is 0 Å². The van der Waals surface area contributed by atoms with Crippen molar-refractivity contribution in [3.63, 3.8) is 0 Å². The van der Waals surface area contributed by atoms with Crippen molar-refractivity contribution >= 4 is 23.3 Å². The maximum Gasteiger partial charge on any atom is 0.224 e. The zero-order chi connectivity index (χ0) is 15.5. The number of carbonyl (C=O) groups is 1. The van der Waals surface area contributed by atoms with Gasteiger partial charge in [0.25, 0.3) is 0 Å². The minimum absolute atomic E-state index is 0.160. The van der Waals surface area contributed by atoms with E-state index in [-0.39, 0.29) is 11.3 Å². The molecular weight excluding hydrogens is 288 g/mol. The standard InChI is InChI=1S/C15H23ClN4O/c1-15(2,3)14-18-11(16)10-12(19-14)17-7-6-13(21)20-8-4-5-9-20/h10H,4-9H2,1-3H3,(H,17,18,19). The third kappa shape index (κ3) is 4.56. The molecule has 0 aliphatic carbocycles. The summed E-state index contributed by atoms with van der Waals surface area (Å²) in [5.74, 6) is 1.58. The van der Waals surface area contributed by atoms with E-state index in [0.29, 0.717) is 29.8 Å². The first-order valence-corrected chi connectivity index (χ1v) is 7.81. The molecule has 1 aromatic heterocycles. The van der Waals surface area contributed by atoms with Gasteiger partial charge in [-0.05, 0) is 12.8 Å². The third-order valence-corrected chi connectivity index (χ3v) is 3.66. The Balaban J connectivity index is 1.91. The van der Waals surface area contributed by atoms with Crippen LogP contribution in [0, 0.1) is 0 Å². The van der Waals surface area contributed by atoms with E-state index in [0.717, 1.165) is 25.9 Å². The van der Waals surface area contributed by atoms with Crippen LogP contribution in [-0.4, -0.2) is 40.4 Å². The summed E-state index contributed by atoms with van der Waals surface area (Å²) >= 11 is 6.03. The van der Waals surface area contributed by atoms with E-state index in [1.165, 1.54) is 0 Å². The summed E-state index contributed by atoms with van der Waals surface area (Å²) in [6.07, 6.45) is 2.72. The van der Waals surface area contributed by atoms with Crippen LogP contribution in [0.15, 0.2) is 6.07 Å². The molecule has 6 heteroatoms. The average Bonchev–Trinajstić information content (AvgIpc) is 2.90. The van der Waals surface area contributed by atoms with E-state index in [1.807, 2.05) is 25.7 Å². The van der Waals surface area contributed by atoms with Crippen LogP contribution in [0.5, 0.6) is 0 Å². The van der Waals surface area contributed by atoms with Gasteiger partial charge in [0.15, 0.2) is 0 Å². The fourth-order valence-corrected chi connectivity index (χ4v) is 2.45. The van der Waals surface area contributed by atoms with E-state index in [4.69, 9.17) is 11.6 Å². The number of carbonyl (C=O) groups excluding carboxylic acids is 1. The van der Waals surface area contributed by atoms with Crippen molar-refractivity contribution in [1.29, 1.82) is 0 Å². The van der Waals surface area contributed by atoms with Crippen LogP contribution in [0.3, 0.4) is 0 Å². The lowest BCUT2D eigenvalue weighted by Crippen LogP contribution is -2.29. The maximum absolute atomic E-state index is 12.0. The number of rotatable bonds is 4. The molecule has 0 radical (unpaired) electrons. The summed E-state index contributed by atoms with van der Waals surface area (Å²) in [5, 5.41) is 3.59. The van der Waals surface area contributed by atoms with Crippen molar-refractivity contribution in [1.82, 2.24) is 14.9 Å². The molecule has 0 atom stereocenters. The second-order valence-electron chi connectivity index (χ2n) is 6.41. The summed E-state index contributed by atoms with van der Waals surface area (Å²) in [7, 11) is 0. The normalized spacial score (nSPS) is 15.3. The van der Waals surface area contributed by atoms with Crippen LogP contribution < -0.4 is 5.32 Å². The van der Waals surface area contributed by atoms with Gasteiger partial charge in [-0.2, -0.15) is 0 Å². The number of hydrogen-bond acceptors (Lipinski definition) is 4. The van der Waals surface area contributed by atoms with E-state index >= 15 is 0 Å². The lowest BCUT2D eigenvalue weighted by molar-refractivity contribution is -0.129. The second kappa shape index (κ2) is 6.60. The first-order valence-electron chi connectivity index (χ1n) is 7.43. The molecular formula is C15H23ClN4O. The number of hydrogen-bond donors (Lipinski definition) is 1. The highest BCUT2D eigenvalue weighted by molar-refractivity contribution is 6.29. The van der Waals surface area contributed by atoms with Gasteiger partial charge in [0.1, 0.15) is 16.8 Å². The molecule has 0 unspecified atom stereocenters. The quantitative estimate of drug-likeness (QED) is 0.869. The van der Waals surface area contributed by atoms with Crippen LogP contribution >= 0.6 is 11.6 Å². The van der Waals surface area contributed by atoms with Crippen molar-refractivity contribution in [2.24, 2.45) is 0 Å². The second-order valence-corrected chi connectivity index (χ2v) is 6.80. The van der Waals surface area contributed by atoms with Crippen molar-refractivity contribution < 1.29 is 4.79 Å². The van der Waals surface area contributed by atoms with Gasteiger partial charge in [0.05, 0.1) is 0 Å². The minimum Gasteiger partial charge on any atom is -0.369 e. The molecule has 0 aromatic carbocycles. The average molecular weight is 311 g/mol. The smallest absolute Gasteiger partial charge is 0.224 e. The summed E-state index contributed by atoms with van der Waals surface area (Å²) in [4.78, 5) is 22.6. The highest BCUT2D eigenvalue weighted by atomic mass is 35.5. The number of nitrogens with one attached hydrogen (secondary N) is 1. The van der Waals surface area contributed by atoms with Crippen LogP contribution in [0.1, 0.15) is 45.9 Å².